The number of hydrogen-bond donors (Lipinski definition) is 0. The van der Waals surface area contributed by atoms with Gasteiger partial charge in [0.1, 0.15) is 12.4 Å². The lowest BCUT2D eigenvalue weighted by atomic mass is 10.2. The monoisotopic (exact) mass is 500 g/mol. The van der Waals surface area contributed by atoms with E-state index >= 15 is 0 Å². The Labute approximate surface area is 209 Å². The van der Waals surface area contributed by atoms with Crippen LogP contribution in [0.2, 0.25) is 10.0 Å². The van der Waals surface area contributed by atoms with Gasteiger partial charge in [-0.2, -0.15) is 0 Å². The normalized spacial score (nSPS) is 14.7. The summed E-state index contributed by atoms with van der Waals surface area (Å²) in [5.41, 5.74) is 3.19. The third-order valence-corrected chi connectivity index (χ3v) is 7.28. The molecule has 0 saturated carbocycles. The van der Waals surface area contributed by atoms with Crippen LogP contribution in [0.4, 0.5) is 0 Å². The zero-order chi connectivity index (χ0) is 23.2. The Morgan fingerprint density at radius 3 is 2.58 bits per heavy atom. The molecule has 1 aliphatic rings. The number of piperazine rings is 1. The predicted octanol–water partition coefficient (Wildman–Crippen LogP) is 6.63. The Morgan fingerprint density at radius 1 is 1.03 bits per heavy atom. The van der Waals surface area contributed by atoms with Gasteiger partial charge < -0.3 is 9.64 Å². The molecule has 1 aromatic heterocycles. The zero-order valence-electron chi connectivity index (χ0n) is 18.5. The van der Waals surface area contributed by atoms with E-state index < -0.39 is 0 Å². The number of hydrogen-bond acceptors (Lipinski definition) is 4. The van der Waals surface area contributed by atoms with E-state index in [1.165, 1.54) is 11.3 Å². The second kappa shape index (κ2) is 11.2. The standard InChI is InChI=1S/C26H26Cl2N2O2S/c1-2-5-21-6-3-4-7-24(21)32-17-20-15-25(33-18-20)26(31)30-12-10-29(11-13-30)16-19-8-9-22(27)23(28)14-19/h2-9,14-15,18H,10-13,16-17H2,1H3/b5-2+. The molecule has 4 rings (SSSR count). The van der Waals surface area contributed by atoms with Crippen LogP contribution >= 0.6 is 34.5 Å². The number of carbonyl (C=O) groups excluding carboxylic acids is 1. The van der Waals surface area contributed by atoms with Crippen molar-refractivity contribution in [2.75, 3.05) is 26.2 Å². The summed E-state index contributed by atoms with van der Waals surface area (Å²) in [6, 6.07) is 15.6. The van der Waals surface area contributed by atoms with Crippen molar-refractivity contribution in [3.8, 4) is 5.75 Å². The molecule has 0 unspecified atom stereocenters. The van der Waals surface area contributed by atoms with E-state index in [4.69, 9.17) is 27.9 Å². The number of nitrogens with zero attached hydrogens (tertiary/aromatic N) is 2. The topological polar surface area (TPSA) is 32.8 Å². The highest BCUT2D eigenvalue weighted by atomic mass is 35.5. The number of para-hydroxylation sites is 1. The first-order valence-corrected chi connectivity index (χ1v) is 12.5. The highest BCUT2D eigenvalue weighted by Crippen LogP contribution is 2.25. The molecule has 1 amide bonds. The van der Waals surface area contributed by atoms with Crippen LogP contribution in [-0.4, -0.2) is 41.9 Å². The molecule has 172 valence electrons. The Balaban J connectivity index is 1.29. The van der Waals surface area contributed by atoms with Gasteiger partial charge in [0, 0.05) is 43.9 Å². The van der Waals surface area contributed by atoms with E-state index in [0.717, 1.165) is 47.0 Å². The van der Waals surface area contributed by atoms with Crippen molar-refractivity contribution in [2.45, 2.75) is 20.1 Å². The van der Waals surface area contributed by atoms with Crippen LogP contribution < -0.4 is 4.74 Å². The van der Waals surface area contributed by atoms with Gasteiger partial charge in [-0.25, -0.2) is 0 Å². The molecule has 1 aliphatic heterocycles. The lowest BCUT2D eigenvalue weighted by Crippen LogP contribution is -2.48. The van der Waals surface area contributed by atoms with E-state index in [2.05, 4.69) is 4.90 Å². The molecule has 2 aromatic carbocycles. The van der Waals surface area contributed by atoms with E-state index in [9.17, 15) is 4.79 Å². The summed E-state index contributed by atoms with van der Waals surface area (Å²) in [6.45, 7) is 6.30. The molecule has 0 bridgehead atoms. The minimum Gasteiger partial charge on any atom is -0.488 e. The van der Waals surface area contributed by atoms with Gasteiger partial charge in [0.25, 0.3) is 5.91 Å². The second-order valence-electron chi connectivity index (χ2n) is 7.96. The molecule has 1 saturated heterocycles. The van der Waals surface area contributed by atoms with E-state index in [-0.39, 0.29) is 5.91 Å². The first-order chi connectivity index (χ1) is 16.0. The summed E-state index contributed by atoms with van der Waals surface area (Å²) in [4.78, 5) is 18.0. The van der Waals surface area contributed by atoms with Gasteiger partial charge in [0.05, 0.1) is 14.9 Å². The molecule has 1 fully saturated rings. The molecule has 0 N–H and O–H groups in total. The third kappa shape index (κ3) is 6.18. The number of carbonyl (C=O) groups is 1. The molecule has 3 aromatic rings. The average molecular weight is 501 g/mol. The Morgan fingerprint density at radius 2 is 1.82 bits per heavy atom. The first kappa shape index (κ1) is 23.8. The van der Waals surface area contributed by atoms with Crippen molar-refractivity contribution in [3.63, 3.8) is 0 Å². The van der Waals surface area contributed by atoms with Crippen molar-refractivity contribution in [2.24, 2.45) is 0 Å². The zero-order valence-corrected chi connectivity index (χ0v) is 20.8. The maximum Gasteiger partial charge on any atom is 0.264 e. The van der Waals surface area contributed by atoms with E-state index in [0.29, 0.717) is 29.7 Å². The van der Waals surface area contributed by atoms with Gasteiger partial charge >= 0.3 is 0 Å². The minimum absolute atomic E-state index is 0.0924. The number of allylic oxidation sites excluding steroid dienone is 1. The lowest BCUT2D eigenvalue weighted by molar-refractivity contribution is 0.0633. The lowest BCUT2D eigenvalue weighted by Gasteiger charge is -2.34. The SMILES string of the molecule is C/C=C/c1ccccc1OCc1csc(C(=O)N2CCN(Cc3ccc(Cl)c(Cl)c3)CC2)c1. The molecular weight excluding hydrogens is 475 g/mol. The highest BCUT2D eigenvalue weighted by Gasteiger charge is 2.23. The molecule has 2 heterocycles. The summed E-state index contributed by atoms with van der Waals surface area (Å²) < 4.78 is 6.01. The molecule has 7 heteroatoms. The van der Waals surface area contributed by atoms with Gasteiger partial charge in [-0.05, 0) is 42.1 Å². The summed E-state index contributed by atoms with van der Waals surface area (Å²) in [7, 11) is 0. The van der Waals surface area contributed by atoms with Crippen LogP contribution in [0.25, 0.3) is 6.08 Å². The molecule has 4 nitrogen and oxygen atoms in total. The van der Waals surface area contributed by atoms with Crippen molar-refractivity contribution in [1.82, 2.24) is 9.80 Å². The fraction of sp³-hybridized carbons (Fsp3) is 0.269. The summed E-state index contributed by atoms with van der Waals surface area (Å²) in [6.07, 6.45) is 4.02. The average Bonchev–Trinajstić information content (AvgIpc) is 3.30. The number of halogens is 2. The summed E-state index contributed by atoms with van der Waals surface area (Å²) >= 11 is 13.6. The van der Waals surface area contributed by atoms with E-state index in [1.54, 1.807) is 0 Å². The minimum atomic E-state index is 0.0924. The van der Waals surface area contributed by atoms with Crippen molar-refractivity contribution in [3.05, 3.63) is 91.6 Å². The highest BCUT2D eigenvalue weighted by molar-refractivity contribution is 7.12. The summed E-state index contributed by atoms with van der Waals surface area (Å²) in [5, 5.41) is 3.15. The third-order valence-electron chi connectivity index (χ3n) is 5.57. The quantitative estimate of drug-likeness (QED) is 0.365. The van der Waals surface area contributed by atoms with Crippen molar-refractivity contribution < 1.29 is 9.53 Å². The van der Waals surface area contributed by atoms with E-state index in [1.807, 2.05) is 77.9 Å². The first-order valence-electron chi connectivity index (χ1n) is 10.9. The fourth-order valence-electron chi connectivity index (χ4n) is 3.81. The molecule has 0 aliphatic carbocycles. The van der Waals surface area contributed by atoms with Gasteiger partial charge in [-0.15, -0.1) is 11.3 Å². The maximum atomic E-state index is 13.0. The number of amides is 1. The summed E-state index contributed by atoms with van der Waals surface area (Å²) in [5.74, 6) is 0.933. The molecule has 0 radical (unpaired) electrons. The van der Waals surface area contributed by atoms with Gasteiger partial charge in [-0.3, -0.25) is 9.69 Å². The Bertz CT molecular complexity index is 1140. The maximum absolute atomic E-state index is 13.0. The number of thiophene rings is 1. The van der Waals surface area contributed by atoms with Crippen LogP contribution in [0.15, 0.2) is 60.0 Å². The van der Waals surface area contributed by atoms with Crippen molar-refractivity contribution >= 4 is 46.5 Å². The van der Waals surface area contributed by atoms with Crippen LogP contribution in [0, 0.1) is 0 Å². The molecule has 0 atom stereocenters. The molecule has 0 spiro atoms. The Kier molecular flexibility index (Phi) is 8.10. The van der Waals surface area contributed by atoms with Crippen LogP contribution in [0.5, 0.6) is 5.75 Å². The van der Waals surface area contributed by atoms with Crippen LogP contribution in [-0.2, 0) is 13.2 Å². The Hall–Kier alpha value is -2.31. The smallest absolute Gasteiger partial charge is 0.264 e. The molecule has 33 heavy (non-hydrogen) atoms. The van der Waals surface area contributed by atoms with Gasteiger partial charge in [0.2, 0.25) is 0 Å². The predicted molar refractivity (Wildman–Crippen MR) is 137 cm³/mol. The fourth-order valence-corrected chi connectivity index (χ4v) is 5.00. The second-order valence-corrected chi connectivity index (χ2v) is 9.69. The van der Waals surface area contributed by atoms with Crippen LogP contribution in [0.3, 0.4) is 0 Å². The van der Waals surface area contributed by atoms with Gasteiger partial charge in [0.15, 0.2) is 0 Å². The largest absolute Gasteiger partial charge is 0.488 e. The van der Waals surface area contributed by atoms with Crippen LogP contribution in [0.1, 0.15) is 33.3 Å². The number of benzene rings is 2. The molecular formula is C26H26Cl2N2O2S. The number of ether oxygens (including phenoxy) is 1. The van der Waals surface area contributed by atoms with Crippen molar-refractivity contribution in [1.29, 1.82) is 0 Å². The number of rotatable bonds is 7. The van der Waals surface area contributed by atoms with Gasteiger partial charge in [-0.1, -0.05) is 59.6 Å².